The lowest BCUT2D eigenvalue weighted by Crippen LogP contribution is -2.11. The van der Waals surface area contributed by atoms with Gasteiger partial charge in [0.15, 0.2) is 0 Å². The fourth-order valence-electron chi connectivity index (χ4n) is 1.10. The molecule has 0 N–H and O–H groups in total. The Morgan fingerprint density at radius 2 is 2.31 bits per heavy atom. The van der Waals surface area contributed by atoms with Gasteiger partial charge in [0.05, 0.1) is 0 Å². The quantitative estimate of drug-likeness (QED) is 0.708. The smallest absolute Gasteiger partial charge is 0.244 e. The van der Waals surface area contributed by atoms with Crippen molar-refractivity contribution in [2.75, 3.05) is 19.0 Å². The van der Waals surface area contributed by atoms with E-state index < -0.39 is 0 Å². The molecule has 0 saturated heterocycles. The first-order valence-corrected chi connectivity index (χ1v) is 4.43. The molecule has 0 unspecified atom stereocenters. The first kappa shape index (κ1) is 9.77. The highest BCUT2D eigenvalue weighted by atomic mass is 15.4. The second-order valence-corrected chi connectivity index (χ2v) is 3.02. The predicted octanol–water partition coefficient (Wildman–Crippen LogP) is 1.61. The summed E-state index contributed by atoms with van der Waals surface area (Å²) in [6.45, 7) is 4.11. The van der Waals surface area contributed by atoms with E-state index in [1.807, 2.05) is 36.7 Å². The molecule has 0 bridgehead atoms. The van der Waals surface area contributed by atoms with Crippen molar-refractivity contribution in [3.05, 3.63) is 12.4 Å². The molecule has 0 radical (unpaired) electrons. The van der Waals surface area contributed by atoms with Crippen LogP contribution in [0.4, 0.5) is 5.95 Å². The summed E-state index contributed by atoms with van der Waals surface area (Å²) < 4.78 is 1.81. The van der Waals surface area contributed by atoms with Crippen molar-refractivity contribution in [3.8, 4) is 0 Å². The molecule has 1 aromatic heterocycles. The van der Waals surface area contributed by atoms with Crippen LogP contribution in [-0.2, 0) is 0 Å². The monoisotopic (exact) mass is 180 g/mol. The normalized spacial score (nSPS) is 11.8. The van der Waals surface area contributed by atoms with Crippen LogP contribution in [-0.4, -0.2) is 28.9 Å². The molecule has 0 aliphatic rings. The molecule has 13 heavy (non-hydrogen) atoms. The fraction of sp³-hybridized carbons (Fsp3) is 0.556. The van der Waals surface area contributed by atoms with Crippen LogP contribution in [0, 0.1) is 0 Å². The second-order valence-electron chi connectivity index (χ2n) is 3.02. The van der Waals surface area contributed by atoms with Crippen molar-refractivity contribution in [2.45, 2.75) is 20.3 Å². The van der Waals surface area contributed by atoms with Crippen molar-refractivity contribution in [1.29, 1.82) is 0 Å². The number of aromatic nitrogens is 3. The lowest BCUT2D eigenvalue weighted by atomic mass is 10.3. The zero-order chi connectivity index (χ0) is 9.84. The topological polar surface area (TPSA) is 34.0 Å². The summed E-state index contributed by atoms with van der Waals surface area (Å²) in [5.41, 5.74) is 1.17. The Kier molecular flexibility index (Phi) is 3.06. The Bertz CT molecular complexity index is 298. The lowest BCUT2D eigenvalue weighted by Gasteiger charge is -2.05. The average molecular weight is 180 g/mol. The molecule has 72 valence electrons. The van der Waals surface area contributed by atoms with Gasteiger partial charge < -0.3 is 4.90 Å². The van der Waals surface area contributed by atoms with Crippen molar-refractivity contribution in [3.63, 3.8) is 0 Å². The van der Waals surface area contributed by atoms with Crippen LogP contribution in [0.2, 0.25) is 0 Å². The van der Waals surface area contributed by atoms with Gasteiger partial charge in [-0.1, -0.05) is 13.0 Å². The molecular formula is C9H16N4. The number of nitrogens with zero attached hydrogens (tertiary/aromatic N) is 4. The number of anilines is 1. The molecule has 4 heteroatoms. The predicted molar refractivity (Wildman–Crippen MR) is 54.6 cm³/mol. The van der Waals surface area contributed by atoms with Crippen LogP contribution in [0.3, 0.4) is 0 Å². The lowest BCUT2D eigenvalue weighted by molar-refractivity contribution is 0.851. The minimum absolute atomic E-state index is 0.743. The third-order valence-electron chi connectivity index (χ3n) is 1.87. The number of hydrogen-bond acceptors (Lipinski definition) is 3. The highest BCUT2D eigenvalue weighted by Crippen LogP contribution is 2.09. The van der Waals surface area contributed by atoms with Gasteiger partial charge in [-0.25, -0.2) is 4.68 Å². The summed E-state index contributed by atoms with van der Waals surface area (Å²) >= 11 is 0. The molecule has 4 nitrogen and oxygen atoms in total. The van der Waals surface area contributed by atoms with Gasteiger partial charge in [0.2, 0.25) is 5.95 Å². The van der Waals surface area contributed by atoms with E-state index >= 15 is 0 Å². The number of hydrogen-bond donors (Lipinski definition) is 0. The van der Waals surface area contributed by atoms with Gasteiger partial charge in [-0.05, 0) is 13.3 Å². The summed E-state index contributed by atoms with van der Waals surface area (Å²) in [5.74, 6) is 0.743. The largest absolute Gasteiger partial charge is 0.346 e. The molecule has 0 fully saturated rings. The Balaban J connectivity index is 2.91. The molecule has 0 saturated carbocycles. The standard InChI is InChI=1S/C9H16N4/c1-5-8(6-2)13-7-10-9(11-13)12(3)4/h5,7H,6H2,1-4H3/b8-5+. The molecule has 1 rings (SSSR count). The van der Waals surface area contributed by atoms with E-state index in [4.69, 9.17) is 0 Å². The van der Waals surface area contributed by atoms with Crippen molar-refractivity contribution >= 4 is 11.6 Å². The van der Waals surface area contributed by atoms with Crippen LogP contribution in [0.15, 0.2) is 12.4 Å². The number of rotatable bonds is 3. The summed E-state index contributed by atoms with van der Waals surface area (Å²) in [6.07, 6.45) is 4.76. The van der Waals surface area contributed by atoms with Crippen LogP contribution in [0.25, 0.3) is 5.70 Å². The van der Waals surface area contributed by atoms with Gasteiger partial charge in [0, 0.05) is 19.8 Å². The van der Waals surface area contributed by atoms with Gasteiger partial charge in [-0.3, -0.25) is 0 Å². The zero-order valence-corrected chi connectivity index (χ0v) is 8.65. The first-order valence-electron chi connectivity index (χ1n) is 4.43. The Labute approximate surface area is 78.9 Å². The van der Waals surface area contributed by atoms with E-state index in [1.165, 1.54) is 5.70 Å². The Hall–Kier alpha value is -1.32. The van der Waals surface area contributed by atoms with Crippen LogP contribution in [0.1, 0.15) is 20.3 Å². The van der Waals surface area contributed by atoms with E-state index in [2.05, 4.69) is 17.0 Å². The van der Waals surface area contributed by atoms with Crippen molar-refractivity contribution in [1.82, 2.24) is 14.8 Å². The molecular weight excluding hydrogens is 164 g/mol. The molecule has 0 aromatic carbocycles. The summed E-state index contributed by atoms with van der Waals surface area (Å²) in [4.78, 5) is 6.06. The summed E-state index contributed by atoms with van der Waals surface area (Å²) in [5, 5.41) is 4.31. The van der Waals surface area contributed by atoms with Crippen molar-refractivity contribution < 1.29 is 0 Å². The third-order valence-corrected chi connectivity index (χ3v) is 1.87. The van der Waals surface area contributed by atoms with Gasteiger partial charge in [-0.15, -0.1) is 5.10 Å². The Morgan fingerprint density at radius 1 is 1.62 bits per heavy atom. The Morgan fingerprint density at radius 3 is 2.69 bits per heavy atom. The first-order chi connectivity index (χ1) is 6.19. The number of allylic oxidation sites excluding steroid dienone is 2. The molecule has 0 atom stereocenters. The highest BCUT2D eigenvalue weighted by molar-refractivity contribution is 5.43. The summed E-state index contributed by atoms with van der Waals surface area (Å²) in [7, 11) is 3.86. The van der Waals surface area contributed by atoms with Crippen LogP contribution >= 0.6 is 0 Å². The van der Waals surface area contributed by atoms with E-state index in [-0.39, 0.29) is 0 Å². The average Bonchev–Trinajstić information content (AvgIpc) is 2.56. The van der Waals surface area contributed by atoms with E-state index in [0.29, 0.717) is 0 Å². The molecule has 0 aliphatic heterocycles. The fourth-order valence-corrected chi connectivity index (χ4v) is 1.10. The minimum atomic E-state index is 0.743. The van der Waals surface area contributed by atoms with Crippen LogP contribution in [0.5, 0.6) is 0 Å². The third kappa shape index (κ3) is 2.08. The SMILES string of the molecule is C/C=C(\CC)n1cnc(N(C)C)n1. The molecule has 0 amide bonds. The maximum absolute atomic E-state index is 4.31. The van der Waals surface area contributed by atoms with E-state index in [0.717, 1.165) is 12.4 Å². The highest BCUT2D eigenvalue weighted by Gasteiger charge is 2.03. The van der Waals surface area contributed by atoms with E-state index in [1.54, 1.807) is 6.33 Å². The maximum Gasteiger partial charge on any atom is 0.244 e. The van der Waals surface area contributed by atoms with Gasteiger partial charge in [-0.2, -0.15) is 4.98 Å². The van der Waals surface area contributed by atoms with Gasteiger partial charge in [0.1, 0.15) is 6.33 Å². The minimum Gasteiger partial charge on any atom is -0.346 e. The summed E-state index contributed by atoms with van der Waals surface area (Å²) in [6, 6.07) is 0. The molecule has 0 aliphatic carbocycles. The molecule has 1 heterocycles. The molecule has 0 spiro atoms. The van der Waals surface area contributed by atoms with Gasteiger partial charge >= 0.3 is 0 Å². The molecule has 1 aromatic rings. The van der Waals surface area contributed by atoms with Gasteiger partial charge in [0.25, 0.3) is 0 Å². The zero-order valence-electron chi connectivity index (χ0n) is 8.65. The van der Waals surface area contributed by atoms with Crippen molar-refractivity contribution in [2.24, 2.45) is 0 Å². The second kappa shape index (κ2) is 4.07. The van der Waals surface area contributed by atoms with Crippen LogP contribution < -0.4 is 4.90 Å². The van der Waals surface area contributed by atoms with E-state index in [9.17, 15) is 0 Å². The maximum atomic E-state index is 4.31.